The highest BCUT2D eigenvalue weighted by molar-refractivity contribution is 5.61. The first-order chi connectivity index (χ1) is 13.6. The van der Waals surface area contributed by atoms with Crippen LogP contribution in [0.1, 0.15) is 48.8 Å². The summed E-state index contributed by atoms with van der Waals surface area (Å²) in [4.78, 5) is 5.01. The number of nitrogens with zero attached hydrogens (tertiary/aromatic N) is 2. The summed E-state index contributed by atoms with van der Waals surface area (Å²) >= 11 is 0. The smallest absolute Gasteiger partial charge is 0.0642 e. The van der Waals surface area contributed by atoms with Gasteiger partial charge in [0.1, 0.15) is 0 Å². The molecule has 2 aliphatic rings. The third-order valence-electron chi connectivity index (χ3n) is 6.86. The number of fused-ring (bicyclic) bond motifs is 1. The zero-order chi connectivity index (χ0) is 19.5. The van der Waals surface area contributed by atoms with E-state index in [-0.39, 0.29) is 0 Å². The monoisotopic (exact) mass is 378 g/mol. The number of benzene rings is 2. The summed E-state index contributed by atoms with van der Waals surface area (Å²) in [5.41, 5.74) is 6.05. The van der Waals surface area contributed by atoms with Crippen LogP contribution in [0, 0.1) is 5.92 Å². The van der Waals surface area contributed by atoms with Crippen molar-refractivity contribution in [2.75, 3.05) is 44.8 Å². The second-order valence-electron chi connectivity index (χ2n) is 8.65. The van der Waals surface area contributed by atoms with Gasteiger partial charge in [0.05, 0.1) is 13.2 Å². The minimum absolute atomic E-state index is 0.624. The van der Waals surface area contributed by atoms with Crippen LogP contribution in [0.2, 0.25) is 0 Å². The average molecular weight is 379 g/mol. The summed E-state index contributed by atoms with van der Waals surface area (Å²) < 4.78 is 5.58. The van der Waals surface area contributed by atoms with Crippen molar-refractivity contribution < 1.29 is 4.74 Å². The average Bonchev–Trinajstić information content (AvgIpc) is 2.98. The molecule has 0 N–H and O–H groups in total. The molecular formula is C25H34N2O. The number of ether oxygens (including phenoxy) is 1. The fraction of sp³-hybridized carbons (Fsp3) is 0.520. The predicted molar refractivity (Wildman–Crippen MR) is 117 cm³/mol. The molecule has 1 fully saturated rings. The molecule has 0 radical (unpaired) electrons. The Labute approximate surface area is 170 Å². The van der Waals surface area contributed by atoms with Crippen LogP contribution in [-0.4, -0.2) is 44.8 Å². The van der Waals surface area contributed by atoms with E-state index in [0.29, 0.717) is 17.8 Å². The largest absolute Gasteiger partial charge is 0.378 e. The third kappa shape index (κ3) is 3.97. The summed E-state index contributed by atoms with van der Waals surface area (Å²) in [6.45, 7) is 10.8. The predicted octanol–water partition coefficient (Wildman–Crippen LogP) is 4.88. The van der Waals surface area contributed by atoms with Gasteiger partial charge in [0.15, 0.2) is 0 Å². The Morgan fingerprint density at radius 1 is 1.00 bits per heavy atom. The third-order valence-corrected chi connectivity index (χ3v) is 6.86. The van der Waals surface area contributed by atoms with Gasteiger partial charge < -0.3 is 14.5 Å². The van der Waals surface area contributed by atoms with E-state index >= 15 is 0 Å². The maximum atomic E-state index is 5.58. The van der Waals surface area contributed by atoms with E-state index in [2.05, 4.69) is 79.2 Å². The van der Waals surface area contributed by atoms with Crippen LogP contribution in [0.3, 0.4) is 0 Å². The van der Waals surface area contributed by atoms with Crippen molar-refractivity contribution in [3.63, 3.8) is 0 Å². The molecule has 150 valence electrons. The zero-order valence-corrected chi connectivity index (χ0v) is 17.6. The zero-order valence-electron chi connectivity index (χ0n) is 17.6. The van der Waals surface area contributed by atoms with Crippen molar-refractivity contribution in [1.29, 1.82) is 0 Å². The molecule has 3 atom stereocenters. The molecule has 1 aliphatic heterocycles. The minimum atomic E-state index is 0.624. The topological polar surface area (TPSA) is 15.7 Å². The van der Waals surface area contributed by atoms with Crippen molar-refractivity contribution >= 4 is 5.69 Å². The maximum absolute atomic E-state index is 5.58. The van der Waals surface area contributed by atoms with Gasteiger partial charge in [0, 0.05) is 25.3 Å². The first-order valence-corrected chi connectivity index (χ1v) is 10.8. The van der Waals surface area contributed by atoms with Gasteiger partial charge in [0.25, 0.3) is 0 Å². The van der Waals surface area contributed by atoms with Crippen molar-refractivity contribution in [2.45, 2.75) is 38.6 Å². The summed E-state index contributed by atoms with van der Waals surface area (Å²) in [6, 6.07) is 17.8. The lowest BCUT2D eigenvalue weighted by molar-refractivity contribution is 0.122. The lowest BCUT2D eigenvalue weighted by atomic mass is 9.87. The van der Waals surface area contributed by atoms with E-state index in [0.717, 1.165) is 39.4 Å². The Kier molecular flexibility index (Phi) is 6.03. The molecule has 3 heteroatoms. The normalized spacial score (nSPS) is 24.6. The molecule has 0 spiro atoms. The molecule has 2 aromatic rings. The van der Waals surface area contributed by atoms with Gasteiger partial charge in [-0.3, -0.25) is 0 Å². The molecular weight excluding hydrogens is 344 g/mol. The van der Waals surface area contributed by atoms with Crippen LogP contribution in [0.4, 0.5) is 5.69 Å². The SMILES string of the molecule is CC1c2c(cccc2N2CCOCC2)C(CCN(C)Cc2ccccc2)[C@@H]1C. The van der Waals surface area contributed by atoms with Gasteiger partial charge in [-0.15, -0.1) is 0 Å². The maximum Gasteiger partial charge on any atom is 0.0642 e. The van der Waals surface area contributed by atoms with Gasteiger partial charge >= 0.3 is 0 Å². The van der Waals surface area contributed by atoms with E-state index in [9.17, 15) is 0 Å². The summed E-state index contributed by atoms with van der Waals surface area (Å²) in [6.07, 6.45) is 1.23. The lowest BCUT2D eigenvalue weighted by Crippen LogP contribution is -2.36. The molecule has 2 unspecified atom stereocenters. The highest BCUT2D eigenvalue weighted by Gasteiger charge is 2.37. The first kappa shape index (κ1) is 19.5. The molecule has 28 heavy (non-hydrogen) atoms. The summed E-state index contributed by atoms with van der Waals surface area (Å²) in [5.74, 6) is 1.98. The number of morpholine rings is 1. The molecule has 0 amide bonds. The Balaban J connectivity index is 1.47. The molecule has 1 aliphatic carbocycles. The van der Waals surface area contributed by atoms with Crippen molar-refractivity contribution in [3.8, 4) is 0 Å². The number of hydrogen-bond acceptors (Lipinski definition) is 3. The fourth-order valence-electron chi connectivity index (χ4n) is 5.12. The van der Waals surface area contributed by atoms with Gasteiger partial charge in [0.2, 0.25) is 0 Å². The Hall–Kier alpha value is -1.84. The van der Waals surface area contributed by atoms with Crippen molar-refractivity contribution in [3.05, 3.63) is 65.2 Å². The highest BCUT2D eigenvalue weighted by atomic mass is 16.5. The number of rotatable bonds is 6. The van der Waals surface area contributed by atoms with E-state index in [1.807, 2.05) is 0 Å². The van der Waals surface area contributed by atoms with E-state index in [1.54, 1.807) is 11.1 Å². The van der Waals surface area contributed by atoms with E-state index < -0.39 is 0 Å². The van der Waals surface area contributed by atoms with Crippen molar-refractivity contribution in [1.82, 2.24) is 4.90 Å². The van der Waals surface area contributed by atoms with E-state index in [1.165, 1.54) is 17.7 Å². The first-order valence-electron chi connectivity index (χ1n) is 10.8. The lowest BCUT2D eigenvalue weighted by Gasteiger charge is -2.31. The number of anilines is 1. The van der Waals surface area contributed by atoms with Crippen LogP contribution in [0.15, 0.2) is 48.5 Å². The quantitative estimate of drug-likeness (QED) is 0.712. The second kappa shape index (κ2) is 8.67. The van der Waals surface area contributed by atoms with E-state index in [4.69, 9.17) is 4.74 Å². The summed E-state index contributed by atoms with van der Waals surface area (Å²) in [5, 5.41) is 0. The Morgan fingerprint density at radius 2 is 1.75 bits per heavy atom. The standard InChI is InChI=1S/C25H34N2O/c1-19-20(2)25-23(10-7-11-24(25)27-14-16-28-17-15-27)22(19)12-13-26(3)18-21-8-5-4-6-9-21/h4-11,19-20,22H,12-18H2,1-3H3/t19-,20?,22?/m1/s1. The Bertz CT molecular complexity index is 769. The number of hydrogen-bond donors (Lipinski definition) is 0. The molecule has 0 bridgehead atoms. The molecule has 0 aromatic heterocycles. The highest BCUT2D eigenvalue weighted by Crippen LogP contribution is 2.51. The molecule has 1 saturated heterocycles. The summed E-state index contributed by atoms with van der Waals surface area (Å²) in [7, 11) is 2.25. The molecule has 3 nitrogen and oxygen atoms in total. The van der Waals surface area contributed by atoms with Crippen LogP contribution >= 0.6 is 0 Å². The Morgan fingerprint density at radius 3 is 2.50 bits per heavy atom. The van der Waals surface area contributed by atoms with Crippen molar-refractivity contribution in [2.24, 2.45) is 5.92 Å². The van der Waals surface area contributed by atoms with Crippen LogP contribution in [0.5, 0.6) is 0 Å². The van der Waals surface area contributed by atoms with Crippen LogP contribution in [-0.2, 0) is 11.3 Å². The van der Waals surface area contributed by atoms with Crippen LogP contribution in [0.25, 0.3) is 0 Å². The van der Waals surface area contributed by atoms with Gasteiger partial charge in [-0.25, -0.2) is 0 Å². The molecule has 1 heterocycles. The van der Waals surface area contributed by atoms with Gasteiger partial charge in [-0.05, 0) is 60.5 Å². The van der Waals surface area contributed by atoms with Gasteiger partial charge in [-0.2, -0.15) is 0 Å². The van der Waals surface area contributed by atoms with Crippen LogP contribution < -0.4 is 4.90 Å². The minimum Gasteiger partial charge on any atom is -0.378 e. The molecule has 0 saturated carbocycles. The fourth-order valence-corrected chi connectivity index (χ4v) is 5.12. The molecule has 2 aromatic carbocycles. The molecule has 4 rings (SSSR count). The van der Waals surface area contributed by atoms with Gasteiger partial charge in [-0.1, -0.05) is 56.3 Å². The second-order valence-corrected chi connectivity index (χ2v) is 8.65.